The summed E-state index contributed by atoms with van der Waals surface area (Å²) >= 11 is 0. The number of sulfone groups is 1. The van der Waals surface area contributed by atoms with Crippen LogP contribution in [0.4, 0.5) is 0 Å². The molecule has 4 rings (SSSR count). The largest absolute Gasteiger partial charge is 0.497 e. The van der Waals surface area contributed by atoms with E-state index in [2.05, 4.69) is 4.90 Å². The third kappa shape index (κ3) is 6.65. The number of methoxy groups -OCH3 is 1. The summed E-state index contributed by atoms with van der Waals surface area (Å²) in [4.78, 5) is 17.5. The Morgan fingerprint density at radius 2 is 1.59 bits per heavy atom. The maximum atomic E-state index is 13.8. The molecule has 1 N–H and O–H groups in total. The molecule has 1 aliphatic carbocycles. The lowest BCUT2D eigenvalue weighted by molar-refractivity contribution is -0.140. The topological polar surface area (TPSA) is 99.6 Å². The van der Waals surface area contributed by atoms with E-state index >= 15 is 0 Å². The first kappa shape index (κ1) is 28.3. The van der Waals surface area contributed by atoms with Crippen molar-refractivity contribution in [1.29, 1.82) is 0 Å². The second-order valence-electron chi connectivity index (χ2n) is 10.8. The van der Waals surface area contributed by atoms with Crippen LogP contribution in [0.15, 0.2) is 17.0 Å². The number of hydrogen-bond acceptors (Lipinski definition) is 8. The fourth-order valence-corrected chi connectivity index (χ4v) is 8.86. The number of piperazine rings is 1. The normalized spacial score (nSPS) is 24.8. The first-order valence-electron chi connectivity index (χ1n) is 13.6. The van der Waals surface area contributed by atoms with E-state index in [0.29, 0.717) is 60.4 Å². The maximum Gasteiger partial charge on any atom is 0.248 e. The molecule has 1 saturated carbocycles. The standard InChI is InChI=1S/C27H43N3O6S/c1-20-16-24(35-3)17-21(2)27(20)37(33,34)25-7-5-4-6-22(25)18-36-19-26(31)29-14-12-28(13-15-29)23-8-10-30(32)11-9-23/h16-17,22-23,25,32H,4-15,18-19H2,1-3H3. The molecule has 208 valence electrons. The van der Waals surface area contributed by atoms with Crippen molar-refractivity contribution in [3.63, 3.8) is 0 Å². The van der Waals surface area contributed by atoms with Crippen LogP contribution in [0, 0.1) is 19.8 Å². The third-order valence-electron chi connectivity index (χ3n) is 8.37. The highest BCUT2D eigenvalue weighted by atomic mass is 32.2. The molecule has 1 amide bonds. The minimum atomic E-state index is -3.54. The fraction of sp³-hybridized carbons (Fsp3) is 0.741. The van der Waals surface area contributed by atoms with Gasteiger partial charge in [-0.05, 0) is 68.7 Å². The third-order valence-corrected chi connectivity index (χ3v) is 11.0. The molecule has 3 aliphatic rings. The summed E-state index contributed by atoms with van der Waals surface area (Å²) in [6.45, 7) is 8.36. The molecule has 0 spiro atoms. The monoisotopic (exact) mass is 537 g/mol. The molecule has 10 heteroatoms. The number of carbonyl (C=O) groups excluding carboxylic acids is 1. The van der Waals surface area contributed by atoms with Crippen molar-refractivity contribution in [3.05, 3.63) is 23.3 Å². The molecule has 3 fully saturated rings. The van der Waals surface area contributed by atoms with E-state index in [1.165, 1.54) is 5.06 Å². The average molecular weight is 538 g/mol. The summed E-state index contributed by atoms with van der Waals surface area (Å²) in [6.07, 6.45) is 5.17. The number of aryl methyl sites for hydroxylation is 2. The highest BCUT2D eigenvalue weighted by molar-refractivity contribution is 7.92. The summed E-state index contributed by atoms with van der Waals surface area (Å²) in [6, 6.07) is 4.03. The summed E-state index contributed by atoms with van der Waals surface area (Å²) in [7, 11) is -1.96. The second kappa shape index (κ2) is 12.4. The Bertz CT molecular complexity index is 1010. The van der Waals surface area contributed by atoms with Crippen molar-refractivity contribution in [2.24, 2.45) is 5.92 Å². The molecule has 2 aliphatic heterocycles. The number of ether oxygens (including phenoxy) is 2. The van der Waals surface area contributed by atoms with Gasteiger partial charge in [-0.2, -0.15) is 5.06 Å². The van der Waals surface area contributed by atoms with Crippen molar-refractivity contribution in [1.82, 2.24) is 14.9 Å². The quantitative estimate of drug-likeness (QED) is 0.540. The number of carbonyl (C=O) groups is 1. The number of benzene rings is 1. The zero-order valence-electron chi connectivity index (χ0n) is 22.5. The van der Waals surface area contributed by atoms with Crippen LogP contribution in [0.5, 0.6) is 5.75 Å². The van der Waals surface area contributed by atoms with Gasteiger partial charge in [0.25, 0.3) is 0 Å². The van der Waals surface area contributed by atoms with E-state index in [-0.39, 0.29) is 25.0 Å². The Kier molecular flexibility index (Phi) is 9.50. The van der Waals surface area contributed by atoms with Gasteiger partial charge in [0.2, 0.25) is 5.91 Å². The van der Waals surface area contributed by atoms with Crippen LogP contribution >= 0.6 is 0 Å². The van der Waals surface area contributed by atoms with E-state index in [1.54, 1.807) is 19.2 Å². The van der Waals surface area contributed by atoms with Gasteiger partial charge in [-0.3, -0.25) is 9.69 Å². The summed E-state index contributed by atoms with van der Waals surface area (Å²) in [5, 5.41) is 10.5. The number of rotatable bonds is 8. The first-order valence-corrected chi connectivity index (χ1v) is 15.2. The highest BCUT2D eigenvalue weighted by Crippen LogP contribution is 2.37. The minimum Gasteiger partial charge on any atom is -0.497 e. The summed E-state index contributed by atoms with van der Waals surface area (Å²) in [5.41, 5.74) is 1.41. The van der Waals surface area contributed by atoms with Crippen LogP contribution in [0.2, 0.25) is 0 Å². The van der Waals surface area contributed by atoms with Crippen LogP contribution in [0.25, 0.3) is 0 Å². The molecule has 0 bridgehead atoms. The summed E-state index contributed by atoms with van der Waals surface area (Å²) < 4.78 is 38.7. The highest BCUT2D eigenvalue weighted by Gasteiger charge is 2.38. The van der Waals surface area contributed by atoms with E-state index < -0.39 is 15.1 Å². The Morgan fingerprint density at radius 1 is 0.973 bits per heavy atom. The van der Waals surface area contributed by atoms with Crippen LogP contribution in [-0.2, 0) is 19.4 Å². The van der Waals surface area contributed by atoms with Gasteiger partial charge >= 0.3 is 0 Å². The van der Waals surface area contributed by atoms with Gasteiger partial charge in [0.15, 0.2) is 9.84 Å². The molecule has 2 unspecified atom stereocenters. The predicted octanol–water partition coefficient (Wildman–Crippen LogP) is 2.66. The van der Waals surface area contributed by atoms with Gasteiger partial charge in [0.05, 0.1) is 23.9 Å². The maximum absolute atomic E-state index is 13.8. The van der Waals surface area contributed by atoms with Crippen LogP contribution in [0.1, 0.15) is 49.7 Å². The van der Waals surface area contributed by atoms with E-state index in [9.17, 15) is 18.4 Å². The molecular formula is C27H43N3O6S. The molecule has 0 radical (unpaired) electrons. The molecule has 0 aromatic heterocycles. The van der Waals surface area contributed by atoms with Gasteiger partial charge < -0.3 is 19.6 Å². The lowest BCUT2D eigenvalue weighted by atomic mass is 9.89. The Morgan fingerprint density at radius 3 is 2.22 bits per heavy atom. The number of nitrogens with zero attached hydrogens (tertiary/aromatic N) is 3. The molecule has 37 heavy (non-hydrogen) atoms. The molecule has 1 aromatic carbocycles. The number of hydrogen-bond donors (Lipinski definition) is 1. The van der Waals surface area contributed by atoms with E-state index in [4.69, 9.17) is 9.47 Å². The average Bonchev–Trinajstić information content (AvgIpc) is 2.88. The molecular weight excluding hydrogens is 494 g/mol. The number of amides is 1. The molecule has 2 atom stereocenters. The van der Waals surface area contributed by atoms with Gasteiger partial charge in [-0.15, -0.1) is 0 Å². The Labute approximate surface area is 221 Å². The fourth-order valence-electron chi connectivity index (χ4n) is 6.34. The number of hydroxylamine groups is 2. The lowest BCUT2D eigenvalue weighted by Crippen LogP contribution is -2.54. The SMILES string of the molecule is COc1cc(C)c(S(=O)(=O)C2CCCCC2COCC(=O)N2CCN(C3CCN(O)CC3)CC2)c(C)c1. The zero-order chi connectivity index (χ0) is 26.6. The van der Waals surface area contributed by atoms with Crippen molar-refractivity contribution in [3.8, 4) is 5.75 Å². The van der Waals surface area contributed by atoms with Gasteiger partial charge in [0, 0.05) is 45.3 Å². The van der Waals surface area contributed by atoms with Gasteiger partial charge in [-0.1, -0.05) is 12.8 Å². The van der Waals surface area contributed by atoms with Crippen LogP contribution in [0.3, 0.4) is 0 Å². The second-order valence-corrected chi connectivity index (χ2v) is 12.9. The molecule has 1 aromatic rings. The Balaban J connectivity index is 1.30. The van der Waals surface area contributed by atoms with Crippen molar-refractivity contribution >= 4 is 15.7 Å². The minimum absolute atomic E-state index is 0.00718. The molecule has 9 nitrogen and oxygen atoms in total. The smallest absolute Gasteiger partial charge is 0.248 e. The van der Waals surface area contributed by atoms with Gasteiger partial charge in [-0.25, -0.2) is 8.42 Å². The van der Waals surface area contributed by atoms with Gasteiger partial charge in [0.1, 0.15) is 12.4 Å². The first-order chi connectivity index (χ1) is 17.7. The van der Waals surface area contributed by atoms with Crippen LogP contribution < -0.4 is 4.74 Å². The number of piperidine rings is 1. The zero-order valence-corrected chi connectivity index (χ0v) is 23.3. The van der Waals surface area contributed by atoms with Crippen molar-refractivity contribution in [2.75, 3.05) is 59.6 Å². The van der Waals surface area contributed by atoms with E-state index in [1.807, 2.05) is 18.7 Å². The Hall–Kier alpha value is -1.72. The molecule has 2 heterocycles. The summed E-state index contributed by atoms with van der Waals surface area (Å²) in [5.74, 6) is 0.510. The molecule has 2 saturated heterocycles. The van der Waals surface area contributed by atoms with E-state index in [0.717, 1.165) is 45.2 Å². The van der Waals surface area contributed by atoms with Crippen molar-refractivity contribution in [2.45, 2.75) is 68.6 Å². The predicted molar refractivity (Wildman–Crippen MR) is 141 cm³/mol. The lowest BCUT2D eigenvalue weighted by Gasteiger charge is -2.41. The van der Waals surface area contributed by atoms with Crippen molar-refractivity contribution < 1.29 is 27.9 Å². The van der Waals surface area contributed by atoms with Crippen LogP contribution in [-0.4, -0.2) is 105 Å².